The second-order valence-electron chi connectivity index (χ2n) is 4.81. The number of rotatable bonds is 6. The molecule has 1 atom stereocenters. The van der Waals surface area contributed by atoms with Crippen LogP contribution in [0.2, 0.25) is 0 Å². The Kier molecular flexibility index (Phi) is 5.66. The molecule has 0 aliphatic heterocycles. The summed E-state index contributed by atoms with van der Waals surface area (Å²) in [5.41, 5.74) is 1.12. The molecule has 0 fully saturated rings. The molecule has 1 unspecified atom stereocenters. The van der Waals surface area contributed by atoms with Gasteiger partial charge in [0, 0.05) is 12.5 Å². The molecule has 0 aliphatic rings. The molecule has 1 aromatic carbocycles. The number of hydrogen-bond donors (Lipinski definition) is 1. The van der Waals surface area contributed by atoms with Crippen molar-refractivity contribution in [1.82, 2.24) is 5.32 Å². The fraction of sp³-hybridized carbons (Fsp3) is 0.571. The number of halogens is 3. The van der Waals surface area contributed by atoms with Gasteiger partial charge in [0.25, 0.3) is 0 Å². The van der Waals surface area contributed by atoms with Crippen LogP contribution in [0.4, 0.5) is 13.2 Å². The molecule has 0 bridgehead atoms. The first-order chi connectivity index (χ1) is 8.40. The van der Waals surface area contributed by atoms with Gasteiger partial charge in [-0.1, -0.05) is 44.2 Å². The van der Waals surface area contributed by atoms with Crippen LogP contribution in [0.15, 0.2) is 30.3 Å². The highest BCUT2D eigenvalue weighted by Crippen LogP contribution is 2.23. The highest BCUT2D eigenvalue weighted by atomic mass is 19.4. The van der Waals surface area contributed by atoms with Gasteiger partial charge in [-0.05, 0) is 24.4 Å². The lowest BCUT2D eigenvalue weighted by atomic mass is 9.96. The average molecular weight is 259 g/mol. The molecule has 0 amide bonds. The van der Waals surface area contributed by atoms with Gasteiger partial charge in [-0.2, -0.15) is 13.2 Å². The van der Waals surface area contributed by atoms with Gasteiger partial charge < -0.3 is 5.32 Å². The van der Waals surface area contributed by atoms with Gasteiger partial charge in [0.05, 0.1) is 0 Å². The SMILES string of the molecule is CC(C)C(NCCCC(F)(F)F)c1ccccc1. The van der Waals surface area contributed by atoms with E-state index in [0.29, 0.717) is 12.5 Å². The summed E-state index contributed by atoms with van der Waals surface area (Å²) in [5, 5.41) is 3.21. The third-order valence-electron chi connectivity index (χ3n) is 2.83. The van der Waals surface area contributed by atoms with Crippen LogP contribution in [0.25, 0.3) is 0 Å². The van der Waals surface area contributed by atoms with Crippen LogP contribution in [0.3, 0.4) is 0 Å². The quantitative estimate of drug-likeness (QED) is 0.750. The summed E-state index contributed by atoms with van der Waals surface area (Å²) in [5.74, 6) is 0.346. The topological polar surface area (TPSA) is 12.0 Å². The molecule has 0 saturated carbocycles. The van der Waals surface area contributed by atoms with E-state index in [4.69, 9.17) is 0 Å². The Hall–Kier alpha value is -1.03. The van der Waals surface area contributed by atoms with Crippen molar-refractivity contribution in [1.29, 1.82) is 0 Å². The van der Waals surface area contributed by atoms with E-state index in [2.05, 4.69) is 19.2 Å². The molecule has 18 heavy (non-hydrogen) atoms. The van der Waals surface area contributed by atoms with Crippen molar-refractivity contribution in [2.45, 2.75) is 38.9 Å². The molecule has 0 saturated heterocycles. The van der Waals surface area contributed by atoms with Gasteiger partial charge in [0.1, 0.15) is 0 Å². The van der Waals surface area contributed by atoms with Crippen LogP contribution in [0, 0.1) is 5.92 Å². The Morgan fingerprint density at radius 2 is 1.72 bits per heavy atom. The molecule has 1 aromatic rings. The molecule has 0 aromatic heterocycles. The van der Waals surface area contributed by atoms with Gasteiger partial charge in [0.15, 0.2) is 0 Å². The zero-order chi connectivity index (χ0) is 13.6. The highest BCUT2D eigenvalue weighted by Gasteiger charge is 2.26. The Balaban J connectivity index is 2.45. The average Bonchev–Trinajstić information content (AvgIpc) is 2.28. The van der Waals surface area contributed by atoms with E-state index in [-0.39, 0.29) is 12.5 Å². The van der Waals surface area contributed by atoms with Crippen molar-refractivity contribution in [2.75, 3.05) is 6.54 Å². The maximum Gasteiger partial charge on any atom is 0.389 e. The third-order valence-corrected chi connectivity index (χ3v) is 2.83. The monoisotopic (exact) mass is 259 g/mol. The fourth-order valence-corrected chi connectivity index (χ4v) is 1.95. The van der Waals surface area contributed by atoms with Crippen LogP contribution in [0.1, 0.15) is 38.3 Å². The van der Waals surface area contributed by atoms with Gasteiger partial charge >= 0.3 is 6.18 Å². The lowest BCUT2D eigenvalue weighted by Crippen LogP contribution is -2.27. The van der Waals surface area contributed by atoms with Gasteiger partial charge in [-0.15, -0.1) is 0 Å². The van der Waals surface area contributed by atoms with Crippen molar-refractivity contribution in [2.24, 2.45) is 5.92 Å². The first kappa shape index (κ1) is 15.0. The second kappa shape index (κ2) is 6.78. The van der Waals surface area contributed by atoms with Crippen LogP contribution in [-0.2, 0) is 0 Å². The number of benzene rings is 1. The van der Waals surface area contributed by atoms with Gasteiger partial charge in [-0.25, -0.2) is 0 Å². The molecule has 0 radical (unpaired) electrons. The summed E-state index contributed by atoms with van der Waals surface area (Å²) in [6, 6.07) is 9.94. The van der Waals surface area contributed by atoms with E-state index in [1.54, 1.807) is 0 Å². The Labute approximate surface area is 106 Å². The summed E-state index contributed by atoms with van der Waals surface area (Å²) in [6.45, 7) is 4.51. The molecule has 102 valence electrons. The largest absolute Gasteiger partial charge is 0.389 e. The Morgan fingerprint density at radius 1 is 1.11 bits per heavy atom. The predicted molar refractivity (Wildman–Crippen MR) is 67.3 cm³/mol. The molecule has 0 heterocycles. The molecule has 0 aliphatic carbocycles. The van der Waals surface area contributed by atoms with Crippen molar-refractivity contribution in [3.05, 3.63) is 35.9 Å². The van der Waals surface area contributed by atoms with Crippen molar-refractivity contribution in [3.63, 3.8) is 0 Å². The predicted octanol–water partition coefficient (Wildman–Crippen LogP) is 4.32. The van der Waals surface area contributed by atoms with E-state index in [9.17, 15) is 13.2 Å². The Morgan fingerprint density at radius 3 is 2.22 bits per heavy atom. The summed E-state index contributed by atoms with van der Waals surface area (Å²) < 4.78 is 36.1. The molecule has 1 N–H and O–H groups in total. The highest BCUT2D eigenvalue weighted by molar-refractivity contribution is 5.19. The normalized spacial score (nSPS) is 13.9. The fourth-order valence-electron chi connectivity index (χ4n) is 1.95. The van der Waals surface area contributed by atoms with Crippen LogP contribution in [-0.4, -0.2) is 12.7 Å². The van der Waals surface area contributed by atoms with Crippen molar-refractivity contribution >= 4 is 0 Å². The lowest BCUT2D eigenvalue weighted by molar-refractivity contribution is -0.135. The van der Waals surface area contributed by atoms with E-state index in [1.807, 2.05) is 30.3 Å². The maximum absolute atomic E-state index is 12.0. The zero-order valence-corrected chi connectivity index (χ0v) is 10.8. The minimum absolute atomic E-state index is 0.111. The second-order valence-corrected chi connectivity index (χ2v) is 4.81. The lowest BCUT2D eigenvalue weighted by Gasteiger charge is -2.23. The summed E-state index contributed by atoms with van der Waals surface area (Å²) in [4.78, 5) is 0. The maximum atomic E-state index is 12.0. The van der Waals surface area contributed by atoms with Gasteiger partial charge in [0.2, 0.25) is 0 Å². The minimum Gasteiger partial charge on any atom is -0.310 e. The summed E-state index contributed by atoms with van der Waals surface area (Å²) >= 11 is 0. The molecular formula is C14H20F3N. The zero-order valence-electron chi connectivity index (χ0n) is 10.8. The van der Waals surface area contributed by atoms with Crippen LogP contribution in [0.5, 0.6) is 0 Å². The van der Waals surface area contributed by atoms with Crippen molar-refractivity contribution in [3.8, 4) is 0 Å². The van der Waals surface area contributed by atoms with E-state index >= 15 is 0 Å². The van der Waals surface area contributed by atoms with Crippen LogP contribution < -0.4 is 5.32 Å². The third kappa shape index (κ3) is 5.54. The van der Waals surface area contributed by atoms with E-state index in [1.165, 1.54) is 0 Å². The van der Waals surface area contributed by atoms with E-state index in [0.717, 1.165) is 5.56 Å². The first-order valence-electron chi connectivity index (χ1n) is 6.25. The number of nitrogens with one attached hydrogen (secondary N) is 1. The molecule has 0 spiro atoms. The minimum atomic E-state index is -4.05. The smallest absolute Gasteiger partial charge is 0.310 e. The molecule has 1 rings (SSSR count). The van der Waals surface area contributed by atoms with E-state index < -0.39 is 12.6 Å². The molecule has 1 nitrogen and oxygen atoms in total. The summed E-state index contributed by atoms with van der Waals surface area (Å²) in [7, 11) is 0. The Bertz CT molecular complexity index is 333. The summed E-state index contributed by atoms with van der Waals surface area (Å²) in [6.07, 6.45) is -4.65. The standard InChI is InChI=1S/C14H20F3N/c1-11(2)13(12-7-4-3-5-8-12)18-10-6-9-14(15,16)17/h3-5,7-8,11,13,18H,6,9-10H2,1-2H3. The molecule has 4 heteroatoms. The van der Waals surface area contributed by atoms with Crippen LogP contribution >= 0.6 is 0 Å². The van der Waals surface area contributed by atoms with Gasteiger partial charge in [-0.3, -0.25) is 0 Å². The number of alkyl halides is 3. The number of hydrogen-bond acceptors (Lipinski definition) is 1. The molecular weight excluding hydrogens is 239 g/mol. The van der Waals surface area contributed by atoms with Crippen molar-refractivity contribution < 1.29 is 13.2 Å². The first-order valence-corrected chi connectivity index (χ1v) is 6.25.